The molecule has 226 valence electrons. The molecule has 42 heavy (non-hydrogen) atoms. The predicted octanol–water partition coefficient (Wildman–Crippen LogP) is 5.98. The molecule has 1 N–H and O–H groups in total. The van der Waals surface area contributed by atoms with Crippen molar-refractivity contribution in [3.05, 3.63) is 92.9 Å². The molecule has 12 heteroatoms. The van der Waals surface area contributed by atoms with Crippen molar-refractivity contribution in [2.75, 3.05) is 24.2 Å². The van der Waals surface area contributed by atoms with Crippen molar-refractivity contribution in [2.45, 2.75) is 45.3 Å². The molecular weight excluding hydrogens is 621 g/mol. The molecule has 3 aromatic carbocycles. The molecule has 0 aliphatic carbocycles. The van der Waals surface area contributed by atoms with Crippen LogP contribution in [0, 0.1) is 0 Å². The lowest BCUT2D eigenvalue weighted by molar-refractivity contribution is -0.140. The van der Waals surface area contributed by atoms with Gasteiger partial charge in [-0.15, -0.1) is 0 Å². The van der Waals surface area contributed by atoms with Gasteiger partial charge in [-0.2, -0.15) is 0 Å². The number of ether oxygens (including phenoxy) is 1. The minimum absolute atomic E-state index is 0.00248. The molecular formula is C30H34Cl3N3O5S. The van der Waals surface area contributed by atoms with Crippen LogP contribution in [0.4, 0.5) is 5.69 Å². The van der Waals surface area contributed by atoms with Crippen LogP contribution in [0.3, 0.4) is 0 Å². The summed E-state index contributed by atoms with van der Waals surface area (Å²) in [6, 6.07) is 17.9. The summed E-state index contributed by atoms with van der Waals surface area (Å²) < 4.78 is 32.2. The summed E-state index contributed by atoms with van der Waals surface area (Å²) in [6.07, 6.45) is 1.85. The summed E-state index contributed by atoms with van der Waals surface area (Å²) in [7, 11) is -2.50. The molecule has 0 aliphatic heterocycles. The summed E-state index contributed by atoms with van der Waals surface area (Å²) >= 11 is 18.6. The van der Waals surface area contributed by atoms with E-state index in [1.165, 1.54) is 24.1 Å². The largest absolute Gasteiger partial charge is 0.497 e. The van der Waals surface area contributed by atoms with E-state index in [4.69, 9.17) is 39.5 Å². The number of rotatable bonds is 13. The minimum Gasteiger partial charge on any atom is -0.497 e. The molecule has 2 atom stereocenters. The molecule has 0 saturated heterocycles. The molecule has 3 aromatic rings. The van der Waals surface area contributed by atoms with E-state index >= 15 is 0 Å². The minimum atomic E-state index is -4.03. The zero-order chi connectivity index (χ0) is 31.0. The number of nitrogens with zero attached hydrogens (tertiary/aromatic N) is 2. The average Bonchev–Trinajstić information content (AvgIpc) is 2.95. The molecule has 0 spiro atoms. The van der Waals surface area contributed by atoms with Crippen molar-refractivity contribution in [3.8, 4) is 5.75 Å². The van der Waals surface area contributed by atoms with E-state index in [-0.39, 0.29) is 45.7 Å². The predicted molar refractivity (Wildman–Crippen MR) is 169 cm³/mol. The summed E-state index contributed by atoms with van der Waals surface area (Å²) in [5.74, 6) is -0.405. The quantitative estimate of drug-likeness (QED) is 0.229. The number of nitrogens with one attached hydrogen (secondary N) is 1. The van der Waals surface area contributed by atoms with Crippen LogP contribution >= 0.6 is 34.8 Å². The van der Waals surface area contributed by atoms with E-state index in [2.05, 4.69) is 5.32 Å². The van der Waals surface area contributed by atoms with Gasteiger partial charge in [-0.3, -0.25) is 13.9 Å². The first-order valence-electron chi connectivity index (χ1n) is 13.2. The van der Waals surface area contributed by atoms with E-state index < -0.39 is 28.5 Å². The van der Waals surface area contributed by atoms with Gasteiger partial charge in [0.05, 0.1) is 34.1 Å². The first-order chi connectivity index (χ1) is 19.8. The van der Waals surface area contributed by atoms with Crippen LogP contribution in [0.2, 0.25) is 15.1 Å². The number of benzene rings is 3. The van der Waals surface area contributed by atoms with Crippen LogP contribution in [0.5, 0.6) is 5.75 Å². The van der Waals surface area contributed by atoms with Crippen molar-refractivity contribution in [1.82, 2.24) is 10.2 Å². The average molecular weight is 655 g/mol. The van der Waals surface area contributed by atoms with Gasteiger partial charge in [0.15, 0.2) is 0 Å². The van der Waals surface area contributed by atoms with Gasteiger partial charge >= 0.3 is 0 Å². The summed E-state index contributed by atoms with van der Waals surface area (Å²) in [6.45, 7) is 3.20. The third kappa shape index (κ3) is 9.01. The Kier molecular flexibility index (Phi) is 11.9. The Labute approximate surface area is 262 Å². The van der Waals surface area contributed by atoms with Crippen LogP contribution in [-0.2, 0) is 32.6 Å². The molecule has 0 radical (unpaired) electrons. The van der Waals surface area contributed by atoms with Gasteiger partial charge in [-0.05, 0) is 48.7 Å². The molecule has 2 amide bonds. The molecule has 0 saturated carbocycles. The fourth-order valence-electron chi connectivity index (χ4n) is 4.26. The second-order valence-corrected chi connectivity index (χ2v) is 13.0. The third-order valence-electron chi connectivity index (χ3n) is 6.70. The number of hydrogen-bond acceptors (Lipinski definition) is 5. The second kappa shape index (κ2) is 15.0. The number of amides is 2. The lowest BCUT2D eigenvalue weighted by Crippen LogP contribution is -2.54. The van der Waals surface area contributed by atoms with E-state index in [1.807, 2.05) is 44.2 Å². The zero-order valence-corrected chi connectivity index (χ0v) is 26.9. The molecule has 0 bridgehead atoms. The number of carbonyl (C=O) groups is 2. The number of sulfonamides is 1. The fourth-order valence-corrected chi connectivity index (χ4v) is 5.81. The van der Waals surface area contributed by atoms with Gasteiger partial charge < -0.3 is 15.0 Å². The van der Waals surface area contributed by atoms with Crippen molar-refractivity contribution >= 4 is 62.3 Å². The van der Waals surface area contributed by atoms with Gasteiger partial charge in [0.1, 0.15) is 18.3 Å². The van der Waals surface area contributed by atoms with E-state index in [1.54, 1.807) is 24.3 Å². The third-order valence-corrected chi connectivity index (χ3v) is 8.85. The number of carbonyl (C=O) groups excluding carboxylic acids is 2. The number of anilines is 1. The molecule has 8 nitrogen and oxygen atoms in total. The lowest BCUT2D eigenvalue weighted by atomic mass is 10.0. The normalized spacial score (nSPS) is 12.7. The maximum absolute atomic E-state index is 14.2. The topological polar surface area (TPSA) is 96.0 Å². The van der Waals surface area contributed by atoms with Crippen molar-refractivity contribution in [3.63, 3.8) is 0 Å². The zero-order valence-electron chi connectivity index (χ0n) is 23.8. The van der Waals surface area contributed by atoms with Crippen LogP contribution in [0.25, 0.3) is 0 Å². The Bertz CT molecular complexity index is 1510. The summed E-state index contributed by atoms with van der Waals surface area (Å²) in [5.41, 5.74) is 1.51. The van der Waals surface area contributed by atoms with E-state index in [9.17, 15) is 18.0 Å². The maximum Gasteiger partial charge on any atom is 0.244 e. The van der Waals surface area contributed by atoms with Crippen molar-refractivity contribution in [1.29, 1.82) is 0 Å². The molecule has 0 heterocycles. The Morgan fingerprint density at radius 2 is 1.57 bits per heavy atom. The first kappa shape index (κ1) is 33.5. The lowest BCUT2D eigenvalue weighted by Gasteiger charge is -2.34. The molecule has 0 aromatic heterocycles. The smallest absolute Gasteiger partial charge is 0.244 e. The van der Waals surface area contributed by atoms with Crippen LogP contribution in [0.1, 0.15) is 31.4 Å². The number of methoxy groups -OCH3 is 1. The molecule has 0 fully saturated rings. The summed E-state index contributed by atoms with van der Waals surface area (Å²) in [5, 5.41) is 3.19. The highest BCUT2D eigenvalue weighted by atomic mass is 35.5. The Hall–Kier alpha value is -2.98. The molecule has 3 rings (SSSR count). The highest BCUT2D eigenvalue weighted by Gasteiger charge is 2.34. The monoisotopic (exact) mass is 653 g/mol. The maximum atomic E-state index is 14.2. The van der Waals surface area contributed by atoms with Gasteiger partial charge in [0.25, 0.3) is 0 Å². The SMILES string of the molecule is CCC(C)NC(=O)C(Cc1ccccc1)N(Cc1cccc(OC)c1)C(=O)CN(c1cc(Cl)c(Cl)cc1Cl)S(C)(=O)=O. The Morgan fingerprint density at radius 1 is 0.929 bits per heavy atom. The highest BCUT2D eigenvalue weighted by molar-refractivity contribution is 7.92. The number of halogens is 3. The fraction of sp³-hybridized carbons (Fsp3) is 0.333. The number of hydrogen-bond donors (Lipinski definition) is 1. The van der Waals surface area contributed by atoms with Gasteiger partial charge in [0.2, 0.25) is 21.8 Å². The Balaban J connectivity index is 2.11. The van der Waals surface area contributed by atoms with Gasteiger partial charge in [-0.25, -0.2) is 8.42 Å². The first-order valence-corrected chi connectivity index (χ1v) is 16.2. The standard InChI is InChI=1S/C30H34Cl3N3O5S/c1-5-20(2)34-30(38)28(15-21-10-7-6-8-11-21)35(18-22-12-9-13-23(14-22)41-3)29(37)19-36(42(4,39)40)27-17-25(32)24(31)16-26(27)33/h6-14,16-17,20,28H,5,15,18-19H2,1-4H3,(H,34,38). The van der Waals surface area contributed by atoms with Crippen molar-refractivity contribution in [2.24, 2.45) is 0 Å². The van der Waals surface area contributed by atoms with Crippen LogP contribution in [-0.4, -0.2) is 57.1 Å². The van der Waals surface area contributed by atoms with Gasteiger partial charge in [-0.1, -0.05) is 84.2 Å². The van der Waals surface area contributed by atoms with Crippen LogP contribution < -0.4 is 14.4 Å². The second-order valence-electron chi connectivity index (χ2n) is 9.88. The van der Waals surface area contributed by atoms with Crippen molar-refractivity contribution < 1.29 is 22.7 Å². The van der Waals surface area contributed by atoms with E-state index in [0.717, 1.165) is 16.1 Å². The van der Waals surface area contributed by atoms with Gasteiger partial charge in [0, 0.05) is 19.0 Å². The Morgan fingerprint density at radius 3 is 2.19 bits per heavy atom. The molecule has 2 unspecified atom stereocenters. The highest BCUT2D eigenvalue weighted by Crippen LogP contribution is 2.35. The molecule has 0 aliphatic rings. The van der Waals surface area contributed by atoms with Crippen LogP contribution in [0.15, 0.2) is 66.7 Å². The van der Waals surface area contributed by atoms with E-state index in [0.29, 0.717) is 17.7 Å². The summed E-state index contributed by atoms with van der Waals surface area (Å²) in [4.78, 5) is 29.3.